The minimum atomic E-state index is 0.325. The zero-order valence-corrected chi connectivity index (χ0v) is 10.8. The first kappa shape index (κ1) is 12.9. The zero-order chi connectivity index (χ0) is 12.8. The third-order valence-electron chi connectivity index (χ3n) is 2.34. The number of nitrogens with zero attached hydrogens (tertiary/aromatic N) is 2. The van der Waals surface area contributed by atoms with Crippen LogP contribution in [0, 0.1) is 0 Å². The molecule has 0 aliphatic rings. The van der Waals surface area contributed by atoms with Gasteiger partial charge >= 0.3 is 6.01 Å². The van der Waals surface area contributed by atoms with Crippen LogP contribution in [0.3, 0.4) is 0 Å². The molecule has 0 saturated carbocycles. The fourth-order valence-electron chi connectivity index (χ4n) is 1.47. The molecule has 0 radical (unpaired) electrons. The van der Waals surface area contributed by atoms with Crippen molar-refractivity contribution in [3.05, 3.63) is 40.7 Å². The molecular formula is C12H14ClN3O2. The summed E-state index contributed by atoms with van der Waals surface area (Å²) >= 11 is 5.81. The Labute approximate surface area is 110 Å². The number of methoxy groups -OCH3 is 1. The SMILES string of the molecule is COCc1nnc(NCCc2ccc(Cl)cc2)o1. The molecule has 1 aromatic heterocycles. The Morgan fingerprint density at radius 3 is 2.78 bits per heavy atom. The normalized spacial score (nSPS) is 10.6. The molecular weight excluding hydrogens is 254 g/mol. The summed E-state index contributed by atoms with van der Waals surface area (Å²) in [6, 6.07) is 8.15. The van der Waals surface area contributed by atoms with Crippen molar-refractivity contribution >= 4 is 17.6 Å². The van der Waals surface area contributed by atoms with Crippen LogP contribution in [0.25, 0.3) is 0 Å². The van der Waals surface area contributed by atoms with E-state index in [2.05, 4.69) is 15.5 Å². The van der Waals surface area contributed by atoms with Gasteiger partial charge in [0.15, 0.2) is 0 Å². The molecule has 6 heteroatoms. The van der Waals surface area contributed by atoms with Crippen LogP contribution in [0.2, 0.25) is 5.02 Å². The van der Waals surface area contributed by atoms with Crippen molar-refractivity contribution < 1.29 is 9.15 Å². The molecule has 1 aromatic carbocycles. The van der Waals surface area contributed by atoms with E-state index in [4.69, 9.17) is 20.8 Å². The van der Waals surface area contributed by atoms with Gasteiger partial charge in [0.25, 0.3) is 0 Å². The highest BCUT2D eigenvalue weighted by Crippen LogP contribution is 2.10. The molecule has 5 nitrogen and oxygen atoms in total. The Balaban J connectivity index is 1.79. The predicted octanol–water partition coefficient (Wildman–Crippen LogP) is 2.52. The van der Waals surface area contributed by atoms with Gasteiger partial charge in [-0.25, -0.2) is 0 Å². The number of nitrogens with one attached hydrogen (secondary N) is 1. The molecule has 0 bridgehead atoms. The van der Waals surface area contributed by atoms with E-state index in [1.165, 1.54) is 5.56 Å². The highest BCUT2D eigenvalue weighted by atomic mass is 35.5. The van der Waals surface area contributed by atoms with Crippen molar-refractivity contribution in [3.8, 4) is 0 Å². The largest absolute Gasteiger partial charge is 0.406 e. The first-order chi connectivity index (χ1) is 8.78. The molecule has 0 aliphatic carbocycles. The van der Waals surface area contributed by atoms with Gasteiger partial charge in [-0.2, -0.15) is 0 Å². The van der Waals surface area contributed by atoms with Gasteiger partial charge in [0.05, 0.1) is 0 Å². The Morgan fingerprint density at radius 1 is 1.28 bits per heavy atom. The van der Waals surface area contributed by atoms with E-state index in [0.717, 1.165) is 18.0 Å². The molecule has 0 fully saturated rings. The second-order valence-electron chi connectivity index (χ2n) is 3.74. The van der Waals surface area contributed by atoms with E-state index in [-0.39, 0.29) is 0 Å². The van der Waals surface area contributed by atoms with Crippen LogP contribution in [0.4, 0.5) is 6.01 Å². The number of hydrogen-bond donors (Lipinski definition) is 1. The highest BCUT2D eigenvalue weighted by molar-refractivity contribution is 6.30. The van der Waals surface area contributed by atoms with Crippen LogP contribution < -0.4 is 5.32 Å². The summed E-state index contributed by atoms with van der Waals surface area (Å²) in [4.78, 5) is 0. The molecule has 18 heavy (non-hydrogen) atoms. The lowest BCUT2D eigenvalue weighted by atomic mass is 10.1. The number of hydrogen-bond acceptors (Lipinski definition) is 5. The maximum absolute atomic E-state index is 5.81. The van der Waals surface area contributed by atoms with Crippen LogP contribution >= 0.6 is 11.6 Å². The average molecular weight is 268 g/mol. The molecule has 0 atom stereocenters. The van der Waals surface area contributed by atoms with Gasteiger partial charge in [0.2, 0.25) is 5.89 Å². The second-order valence-corrected chi connectivity index (χ2v) is 4.17. The van der Waals surface area contributed by atoms with E-state index >= 15 is 0 Å². The third kappa shape index (κ3) is 3.72. The van der Waals surface area contributed by atoms with Gasteiger partial charge in [0, 0.05) is 18.7 Å². The van der Waals surface area contributed by atoms with Crippen molar-refractivity contribution in [2.24, 2.45) is 0 Å². The summed E-state index contributed by atoms with van der Waals surface area (Å²) < 4.78 is 10.2. The fourth-order valence-corrected chi connectivity index (χ4v) is 1.60. The molecule has 0 aliphatic heterocycles. The van der Waals surface area contributed by atoms with E-state index in [1.54, 1.807) is 7.11 Å². The molecule has 0 amide bonds. The molecule has 1 heterocycles. The van der Waals surface area contributed by atoms with Crippen LogP contribution in [0.15, 0.2) is 28.7 Å². The third-order valence-corrected chi connectivity index (χ3v) is 2.59. The van der Waals surface area contributed by atoms with Gasteiger partial charge in [0.1, 0.15) is 6.61 Å². The van der Waals surface area contributed by atoms with E-state index in [0.29, 0.717) is 18.5 Å². The molecule has 96 valence electrons. The monoisotopic (exact) mass is 267 g/mol. The van der Waals surface area contributed by atoms with Crippen LogP contribution in [-0.2, 0) is 17.8 Å². The zero-order valence-electron chi connectivity index (χ0n) is 10.0. The number of ether oxygens (including phenoxy) is 1. The molecule has 0 saturated heterocycles. The predicted molar refractivity (Wildman–Crippen MR) is 68.7 cm³/mol. The molecule has 1 N–H and O–H groups in total. The van der Waals surface area contributed by atoms with Gasteiger partial charge in [-0.3, -0.25) is 0 Å². The lowest BCUT2D eigenvalue weighted by Crippen LogP contribution is -2.04. The van der Waals surface area contributed by atoms with E-state index in [9.17, 15) is 0 Å². The van der Waals surface area contributed by atoms with Crippen molar-refractivity contribution in [2.75, 3.05) is 19.0 Å². The van der Waals surface area contributed by atoms with E-state index in [1.807, 2.05) is 24.3 Å². The maximum atomic E-state index is 5.81. The number of benzene rings is 1. The van der Waals surface area contributed by atoms with Crippen molar-refractivity contribution in [1.29, 1.82) is 0 Å². The molecule has 0 spiro atoms. The highest BCUT2D eigenvalue weighted by Gasteiger charge is 2.04. The van der Waals surface area contributed by atoms with Crippen molar-refractivity contribution in [2.45, 2.75) is 13.0 Å². The summed E-state index contributed by atoms with van der Waals surface area (Å²) in [6.07, 6.45) is 0.860. The smallest absolute Gasteiger partial charge is 0.315 e. The van der Waals surface area contributed by atoms with Crippen molar-refractivity contribution in [3.63, 3.8) is 0 Å². The van der Waals surface area contributed by atoms with Crippen molar-refractivity contribution in [1.82, 2.24) is 10.2 Å². The first-order valence-corrected chi connectivity index (χ1v) is 5.95. The number of anilines is 1. The van der Waals surface area contributed by atoms with Crippen LogP contribution in [-0.4, -0.2) is 23.9 Å². The standard InChI is InChI=1S/C12H14ClN3O2/c1-17-8-11-15-16-12(18-11)14-7-6-9-2-4-10(13)5-3-9/h2-5H,6-8H2,1H3,(H,14,16). The lowest BCUT2D eigenvalue weighted by Gasteiger charge is -2.02. The molecule has 2 rings (SSSR count). The Hall–Kier alpha value is -1.59. The summed E-state index contributed by atoms with van der Waals surface area (Å²) in [5.74, 6) is 0.464. The Kier molecular flexibility index (Phi) is 4.55. The fraction of sp³-hybridized carbons (Fsp3) is 0.333. The van der Waals surface area contributed by atoms with Gasteiger partial charge in [-0.15, -0.1) is 5.10 Å². The van der Waals surface area contributed by atoms with E-state index < -0.39 is 0 Å². The summed E-state index contributed by atoms with van der Waals surface area (Å²) in [6.45, 7) is 1.04. The van der Waals surface area contributed by atoms with Crippen LogP contribution in [0.1, 0.15) is 11.5 Å². The summed E-state index contributed by atoms with van der Waals surface area (Å²) in [5, 5.41) is 11.5. The molecule has 2 aromatic rings. The molecule has 0 unspecified atom stereocenters. The quantitative estimate of drug-likeness (QED) is 0.871. The Bertz CT molecular complexity index is 484. The van der Waals surface area contributed by atoms with Gasteiger partial charge < -0.3 is 14.5 Å². The van der Waals surface area contributed by atoms with Gasteiger partial charge in [-0.1, -0.05) is 28.8 Å². The minimum Gasteiger partial charge on any atom is -0.406 e. The second kappa shape index (κ2) is 6.37. The summed E-state index contributed by atoms with van der Waals surface area (Å²) in [5.41, 5.74) is 1.20. The van der Waals surface area contributed by atoms with Gasteiger partial charge in [-0.05, 0) is 24.1 Å². The summed E-state index contributed by atoms with van der Waals surface area (Å²) in [7, 11) is 1.58. The topological polar surface area (TPSA) is 60.2 Å². The lowest BCUT2D eigenvalue weighted by molar-refractivity contribution is 0.160. The Morgan fingerprint density at radius 2 is 2.06 bits per heavy atom. The first-order valence-electron chi connectivity index (χ1n) is 5.57. The average Bonchev–Trinajstić information content (AvgIpc) is 2.80. The minimum absolute atomic E-state index is 0.325. The van der Waals surface area contributed by atoms with Crippen LogP contribution in [0.5, 0.6) is 0 Å². The number of aromatic nitrogens is 2. The number of halogens is 1. The number of rotatable bonds is 6. The maximum Gasteiger partial charge on any atom is 0.315 e.